The van der Waals surface area contributed by atoms with E-state index in [1.165, 1.54) is 111 Å². The van der Waals surface area contributed by atoms with Crippen molar-refractivity contribution in [3.8, 4) is 33.4 Å². The third-order valence-electron chi connectivity index (χ3n) is 16.0. The number of benzene rings is 7. The molecule has 0 N–H and O–H groups in total. The molecule has 0 bridgehead atoms. The van der Waals surface area contributed by atoms with E-state index >= 15 is 0 Å². The molecule has 0 aliphatic carbocycles. The molecule has 0 spiro atoms. The van der Waals surface area contributed by atoms with Crippen molar-refractivity contribution < 1.29 is 0 Å². The van der Waals surface area contributed by atoms with E-state index in [9.17, 15) is 0 Å². The highest BCUT2D eigenvalue weighted by Crippen LogP contribution is 2.48. The van der Waals surface area contributed by atoms with E-state index in [-0.39, 0.29) is 44.6 Å². The van der Waals surface area contributed by atoms with Crippen molar-refractivity contribution in [3.05, 3.63) is 178 Å². The highest BCUT2D eigenvalue weighted by Gasteiger charge is 2.47. The number of fused-ring (bicyclic) bond motifs is 4. The fourth-order valence-corrected chi connectivity index (χ4v) is 11.3. The van der Waals surface area contributed by atoms with E-state index in [2.05, 4.69) is 277 Å². The van der Waals surface area contributed by atoms with Gasteiger partial charge in [0.2, 0.25) is 6.71 Å². The smallest absolute Gasteiger partial charge is 0.247 e. The molecule has 0 atom stereocenters. The lowest BCUT2D eigenvalue weighted by Crippen LogP contribution is -2.64. The monoisotopic (exact) mass is 936 g/mol. The van der Waals surface area contributed by atoms with E-state index in [0.29, 0.717) is 0 Å². The zero-order valence-electron chi connectivity index (χ0n) is 47.2. The highest BCUT2D eigenvalue weighted by atomic mass is 15.2. The van der Waals surface area contributed by atoms with E-state index in [1.54, 1.807) is 0 Å². The molecule has 7 aromatic carbocycles. The Morgan fingerprint density at radius 2 is 0.746 bits per heavy atom. The van der Waals surface area contributed by atoms with Gasteiger partial charge in [-0.3, -0.25) is 0 Å². The van der Waals surface area contributed by atoms with Crippen LogP contribution in [-0.4, -0.2) is 6.71 Å². The van der Waals surface area contributed by atoms with Gasteiger partial charge in [-0.05, 0) is 146 Å². The first-order chi connectivity index (χ1) is 32.7. The van der Waals surface area contributed by atoms with Crippen molar-refractivity contribution in [1.82, 2.24) is 0 Å². The Morgan fingerprint density at radius 1 is 0.352 bits per heavy atom. The summed E-state index contributed by atoms with van der Waals surface area (Å²) < 4.78 is 0. The highest BCUT2D eigenvalue weighted by molar-refractivity contribution is 6.99. The molecule has 2 aliphatic rings. The Labute approximate surface area is 430 Å². The molecule has 0 saturated heterocycles. The summed E-state index contributed by atoms with van der Waals surface area (Å²) in [6, 6.07) is 53.2. The summed E-state index contributed by atoms with van der Waals surface area (Å²) in [4.78, 5) is 2.59. The normalized spacial score (nSPS) is 14.8. The number of rotatable bonds is 4. The topological polar surface area (TPSA) is 3.24 Å². The largest absolute Gasteiger partial charge is 0.312 e. The van der Waals surface area contributed by atoms with Crippen molar-refractivity contribution in [2.75, 3.05) is 4.90 Å². The van der Waals surface area contributed by atoms with Gasteiger partial charge in [0.1, 0.15) is 0 Å². The second kappa shape index (κ2) is 16.7. The molecular weight excluding hydrogens is 854 g/mol. The molecule has 0 saturated carbocycles. The maximum Gasteiger partial charge on any atom is 0.247 e. The standard InChI is InChI=1S/C69H82BN/c1-63(2,3)48-33-45(34-49(40-48)64(4,5)6)43-25-28-54(29-26-43)71-59-31-27-44(46-35-50(65(7,8)9)41-51(36-46)66(10,11)12)39-58(59)70-57-24-22-21-23-56(57)69(19,20)61-55(30-32-60(71)62(61)70)47-37-52(67(13,14)15)42-53(38-47)68(16,17)18/h21-42H,1-20H3. The average Bonchev–Trinajstić information content (AvgIpc) is 3.28. The molecule has 2 aliphatic heterocycles. The van der Waals surface area contributed by atoms with Gasteiger partial charge in [0.25, 0.3) is 0 Å². The van der Waals surface area contributed by atoms with E-state index in [4.69, 9.17) is 0 Å². The number of anilines is 3. The zero-order valence-corrected chi connectivity index (χ0v) is 47.2. The second-order valence-electron chi connectivity index (χ2n) is 28.1. The van der Waals surface area contributed by atoms with Gasteiger partial charge in [-0.25, -0.2) is 0 Å². The molecule has 0 aromatic heterocycles. The maximum absolute atomic E-state index is 2.59. The lowest BCUT2D eigenvalue weighted by atomic mass is 9.29. The van der Waals surface area contributed by atoms with Gasteiger partial charge in [-0.15, -0.1) is 0 Å². The van der Waals surface area contributed by atoms with Crippen molar-refractivity contribution >= 4 is 40.2 Å². The lowest BCUT2D eigenvalue weighted by molar-refractivity contribution is 0.568. The van der Waals surface area contributed by atoms with Crippen LogP contribution in [0, 0.1) is 0 Å². The van der Waals surface area contributed by atoms with Crippen LogP contribution in [0.5, 0.6) is 0 Å². The van der Waals surface area contributed by atoms with Gasteiger partial charge < -0.3 is 4.90 Å². The maximum atomic E-state index is 2.59. The molecule has 366 valence electrons. The molecule has 0 unspecified atom stereocenters. The fraction of sp³-hybridized carbons (Fsp3) is 0.391. The molecular formula is C69H82BN. The van der Waals surface area contributed by atoms with E-state index in [0.717, 1.165) is 0 Å². The van der Waals surface area contributed by atoms with Crippen LogP contribution in [0.2, 0.25) is 0 Å². The van der Waals surface area contributed by atoms with Gasteiger partial charge in [0.15, 0.2) is 0 Å². The van der Waals surface area contributed by atoms with Crippen LogP contribution < -0.4 is 21.3 Å². The zero-order chi connectivity index (χ0) is 51.8. The Balaban J connectivity index is 1.35. The van der Waals surface area contributed by atoms with Crippen molar-refractivity contribution in [1.29, 1.82) is 0 Å². The van der Waals surface area contributed by atoms with Crippen molar-refractivity contribution in [2.24, 2.45) is 0 Å². The van der Waals surface area contributed by atoms with Crippen LogP contribution in [0.15, 0.2) is 133 Å². The van der Waals surface area contributed by atoms with Gasteiger partial charge in [-0.1, -0.05) is 253 Å². The molecule has 2 heterocycles. The fourth-order valence-electron chi connectivity index (χ4n) is 11.3. The SMILES string of the molecule is CC(C)(C)c1cc(-c2ccc(N3c4ccc(-c5cc(C(C)(C)C)cc(C(C)(C)C)c5)cc4B4c5ccccc5C(C)(C)c5c(-c6cc(C(C)(C)C)cc(C(C)(C)C)c6)ccc3c54)cc2)cc(C(C)(C)C)c1. The van der Waals surface area contributed by atoms with Crippen molar-refractivity contribution in [3.63, 3.8) is 0 Å². The molecule has 0 amide bonds. The summed E-state index contributed by atoms with van der Waals surface area (Å²) in [5, 5.41) is 0. The summed E-state index contributed by atoms with van der Waals surface area (Å²) in [7, 11) is 0. The quantitative estimate of drug-likeness (QED) is 0.159. The molecule has 7 aromatic rings. The minimum atomic E-state index is -0.288. The van der Waals surface area contributed by atoms with Crippen molar-refractivity contribution in [2.45, 2.75) is 176 Å². The minimum absolute atomic E-state index is 0.00480. The Kier molecular flexibility index (Phi) is 11.9. The molecule has 71 heavy (non-hydrogen) atoms. The van der Waals surface area contributed by atoms with E-state index in [1.807, 2.05) is 0 Å². The first kappa shape index (κ1) is 50.3. The van der Waals surface area contributed by atoms with Crippen LogP contribution in [0.1, 0.15) is 183 Å². The van der Waals surface area contributed by atoms with Crippen LogP contribution >= 0.6 is 0 Å². The summed E-state index contributed by atoms with van der Waals surface area (Å²) in [6.07, 6.45) is 0. The minimum Gasteiger partial charge on any atom is -0.312 e. The second-order valence-corrected chi connectivity index (χ2v) is 28.1. The predicted molar refractivity (Wildman–Crippen MR) is 313 cm³/mol. The van der Waals surface area contributed by atoms with Gasteiger partial charge in [0, 0.05) is 22.5 Å². The molecule has 0 fully saturated rings. The summed E-state index contributed by atoms with van der Waals surface area (Å²) in [6.45, 7) is 47.2. The summed E-state index contributed by atoms with van der Waals surface area (Å²) in [5.41, 5.74) is 26.4. The third kappa shape index (κ3) is 9.17. The van der Waals surface area contributed by atoms with Crippen LogP contribution in [-0.2, 0) is 37.9 Å². The first-order valence-corrected chi connectivity index (χ1v) is 26.5. The molecule has 2 heteroatoms. The van der Waals surface area contributed by atoms with Crippen LogP contribution in [0.3, 0.4) is 0 Å². The number of nitrogens with zero attached hydrogens (tertiary/aromatic N) is 1. The Bertz CT molecular complexity index is 3110. The number of hydrogen-bond acceptors (Lipinski definition) is 1. The van der Waals surface area contributed by atoms with E-state index < -0.39 is 0 Å². The lowest BCUT2D eigenvalue weighted by Gasteiger charge is -2.46. The predicted octanol–water partition coefficient (Wildman–Crippen LogP) is 17.4. The summed E-state index contributed by atoms with van der Waals surface area (Å²) in [5.74, 6) is 0. The third-order valence-corrected chi connectivity index (χ3v) is 16.0. The van der Waals surface area contributed by atoms with Gasteiger partial charge in [0.05, 0.1) is 0 Å². The summed E-state index contributed by atoms with van der Waals surface area (Å²) >= 11 is 0. The molecule has 0 radical (unpaired) electrons. The van der Waals surface area contributed by atoms with Crippen LogP contribution in [0.25, 0.3) is 33.4 Å². The Hall–Kier alpha value is -5.60. The van der Waals surface area contributed by atoms with Gasteiger partial charge >= 0.3 is 0 Å². The molecule has 9 rings (SSSR count). The van der Waals surface area contributed by atoms with Gasteiger partial charge in [-0.2, -0.15) is 0 Å². The number of hydrogen-bond donors (Lipinski definition) is 0. The molecule has 1 nitrogen and oxygen atoms in total. The van der Waals surface area contributed by atoms with Crippen LogP contribution in [0.4, 0.5) is 17.1 Å². The first-order valence-electron chi connectivity index (χ1n) is 26.5. The average molecular weight is 936 g/mol. The Morgan fingerprint density at radius 3 is 1.20 bits per heavy atom.